The Morgan fingerprint density at radius 2 is 1.93 bits per heavy atom. The number of carbonyl (C=O) groups is 1. The molecule has 0 unspecified atom stereocenters. The number of fused-ring (bicyclic) bond motifs is 1. The number of amidine groups is 1. The number of esters is 1. The summed E-state index contributed by atoms with van der Waals surface area (Å²) >= 11 is 0. The van der Waals surface area contributed by atoms with Gasteiger partial charge in [0.25, 0.3) is 0 Å². The summed E-state index contributed by atoms with van der Waals surface area (Å²) in [5.74, 6) is -0.100. The van der Waals surface area contributed by atoms with E-state index in [9.17, 15) is 10.1 Å². The molecule has 8 nitrogen and oxygen atoms in total. The van der Waals surface area contributed by atoms with Crippen LogP contribution in [0.3, 0.4) is 0 Å². The first-order valence-electron chi connectivity index (χ1n) is 9.37. The number of aromatic nitrogens is 1. The summed E-state index contributed by atoms with van der Waals surface area (Å²) in [6.45, 7) is 3.15. The SMILES string of the molecule is N#CC(C(=O)OCc1ccncc1)=C1Nc2ccccc2N=C1N1CCNCC1. The number of ether oxygens (including phenoxy) is 1. The van der Waals surface area contributed by atoms with E-state index in [0.717, 1.165) is 43.1 Å². The van der Waals surface area contributed by atoms with Gasteiger partial charge in [-0.2, -0.15) is 5.26 Å². The molecule has 8 heteroatoms. The topological polar surface area (TPSA) is 103 Å². The van der Waals surface area contributed by atoms with E-state index in [0.29, 0.717) is 11.5 Å². The number of pyridine rings is 1. The minimum atomic E-state index is -0.686. The number of nitrogens with zero attached hydrogens (tertiary/aromatic N) is 4. The van der Waals surface area contributed by atoms with Gasteiger partial charge >= 0.3 is 5.97 Å². The lowest BCUT2D eigenvalue weighted by Gasteiger charge is -2.34. The second-order valence-electron chi connectivity index (χ2n) is 6.61. The second-order valence-corrected chi connectivity index (χ2v) is 6.61. The molecule has 146 valence electrons. The number of para-hydroxylation sites is 2. The highest BCUT2D eigenvalue weighted by Gasteiger charge is 2.29. The fraction of sp³-hybridized carbons (Fsp3) is 0.238. The highest BCUT2D eigenvalue weighted by atomic mass is 16.5. The fourth-order valence-corrected chi connectivity index (χ4v) is 3.22. The van der Waals surface area contributed by atoms with Gasteiger partial charge < -0.3 is 20.3 Å². The van der Waals surface area contributed by atoms with Crippen molar-refractivity contribution in [3.05, 3.63) is 65.6 Å². The van der Waals surface area contributed by atoms with E-state index >= 15 is 0 Å². The van der Waals surface area contributed by atoms with Crippen molar-refractivity contribution in [1.29, 1.82) is 5.26 Å². The highest BCUT2D eigenvalue weighted by Crippen LogP contribution is 2.32. The minimum absolute atomic E-state index is 0.0660. The van der Waals surface area contributed by atoms with Crippen LogP contribution < -0.4 is 10.6 Å². The van der Waals surface area contributed by atoms with Crippen molar-refractivity contribution in [2.24, 2.45) is 4.99 Å². The molecule has 0 bridgehead atoms. The average Bonchev–Trinajstić information content (AvgIpc) is 2.79. The Kier molecular flexibility index (Phi) is 5.49. The standard InChI is InChI=1S/C21H20N6O2/c22-13-16(21(28)29-14-15-5-7-23-8-6-15)19-20(27-11-9-24-10-12-27)26-18-4-2-1-3-17(18)25-19/h1-8,24-25H,9-12,14H2. The summed E-state index contributed by atoms with van der Waals surface area (Å²) in [6.07, 6.45) is 3.25. The van der Waals surface area contributed by atoms with Gasteiger partial charge in [0, 0.05) is 38.6 Å². The number of rotatable bonds is 3. The Hall–Kier alpha value is -3.70. The predicted molar refractivity (Wildman–Crippen MR) is 108 cm³/mol. The maximum absolute atomic E-state index is 12.7. The summed E-state index contributed by atoms with van der Waals surface area (Å²) in [7, 11) is 0. The Labute approximate surface area is 168 Å². The lowest BCUT2D eigenvalue weighted by atomic mass is 10.1. The normalized spacial score (nSPS) is 17.3. The number of piperazine rings is 1. The molecule has 2 aliphatic rings. The monoisotopic (exact) mass is 388 g/mol. The summed E-state index contributed by atoms with van der Waals surface area (Å²) in [6, 6.07) is 13.1. The van der Waals surface area contributed by atoms with Crippen molar-refractivity contribution in [2.75, 3.05) is 31.5 Å². The molecule has 1 aromatic heterocycles. The lowest BCUT2D eigenvalue weighted by Crippen LogP contribution is -2.48. The summed E-state index contributed by atoms with van der Waals surface area (Å²) in [5.41, 5.74) is 2.61. The van der Waals surface area contributed by atoms with Crippen LogP contribution in [0.5, 0.6) is 0 Å². The molecular weight excluding hydrogens is 368 g/mol. The van der Waals surface area contributed by atoms with Gasteiger partial charge in [0.15, 0.2) is 11.4 Å². The number of benzene rings is 1. The fourth-order valence-electron chi connectivity index (χ4n) is 3.22. The maximum atomic E-state index is 12.7. The third-order valence-corrected chi connectivity index (χ3v) is 4.72. The number of aliphatic imine (C=N–C) groups is 1. The van der Waals surface area contributed by atoms with Crippen LogP contribution in [0.15, 0.2) is 65.1 Å². The van der Waals surface area contributed by atoms with Crippen LogP contribution in [0.1, 0.15) is 5.56 Å². The van der Waals surface area contributed by atoms with E-state index in [1.54, 1.807) is 24.5 Å². The van der Waals surface area contributed by atoms with E-state index in [1.165, 1.54) is 0 Å². The van der Waals surface area contributed by atoms with Gasteiger partial charge in [-0.05, 0) is 29.8 Å². The van der Waals surface area contributed by atoms with Crippen molar-refractivity contribution in [3.8, 4) is 6.07 Å². The van der Waals surface area contributed by atoms with Crippen LogP contribution in [0.4, 0.5) is 11.4 Å². The molecule has 0 radical (unpaired) electrons. The molecule has 2 N–H and O–H groups in total. The third-order valence-electron chi connectivity index (χ3n) is 4.72. The Morgan fingerprint density at radius 1 is 1.17 bits per heavy atom. The van der Waals surface area contributed by atoms with Crippen molar-refractivity contribution >= 4 is 23.2 Å². The quantitative estimate of drug-likeness (QED) is 0.471. The molecule has 0 amide bonds. The molecule has 0 aliphatic carbocycles. The zero-order valence-electron chi connectivity index (χ0n) is 15.8. The first-order chi connectivity index (χ1) is 14.3. The molecule has 1 saturated heterocycles. The van der Waals surface area contributed by atoms with E-state index in [-0.39, 0.29) is 12.2 Å². The Balaban J connectivity index is 1.67. The van der Waals surface area contributed by atoms with Crippen molar-refractivity contribution in [2.45, 2.75) is 6.61 Å². The third kappa shape index (κ3) is 4.10. The smallest absolute Gasteiger partial charge is 0.351 e. The van der Waals surface area contributed by atoms with Crippen LogP contribution >= 0.6 is 0 Å². The van der Waals surface area contributed by atoms with Gasteiger partial charge in [0.2, 0.25) is 0 Å². The molecule has 2 aromatic rings. The number of nitrogens with one attached hydrogen (secondary N) is 2. The van der Waals surface area contributed by atoms with Gasteiger partial charge in [-0.3, -0.25) is 4.98 Å². The summed E-state index contributed by atoms with van der Waals surface area (Å²) in [5, 5.41) is 16.3. The molecule has 0 saturated carbocycles. The summed E-state index contributed by atoms with van der Waals surface area (Å²) in [4.78, 5) is 23.5. The molecule has 0 spiro atoms. The average molecular weight is 388 g/mol. The van der Waals surface area contributed by atoms with Crippen molar-refractivity contribution < 1.29 is 9.53 Å². The van der Waals surface area contributed by atoms with Crippen molar-refractivity contribution in [1.82, 2.24) is 15.2 Å². The first-order valence-corrected chi connectivity index (χ1v) is 9.37. The van der Waals surface area contributed by atoms with E-state index in [4.69, 9.17) is 9.73 Å². The molecule has 0 atom stereocenters. The molecule has 1 fully saturated rings. The summed E-state index contributed by atoms with van der Waals surface area (Å²) < 4.78 is 5.39. The van der Waals surface area contributed by atoms with Crippen LogP contribution in [-0.4, -0.2) is 47.9 Å². The number of anilines is 1. The number of carbonyl (C=O) groups excluding carboxylic acids is 1. The maximum Gasteiger partial charge on any atom is 0.351 e. The number of hydrogen-bond donors (Lipinski definition) is 2. The van der Waals surface area contributed by atoms with Gasteiger partial charge in [-0.15, -0.1) is 0 Å². The van der Waals surface area contributed by atoms with Gasteiger partial charge in [0.05, 0.1) is 11.4 Å². The molecule has 29 heavy (non-hydrogen) atoms. The first kappa shape index (κ1) is 18.7. The van der Waals surface area contributed by atoms with Crippen LogP contribution in [0.25, 0.3) is 0 Å². The Bertz CT molecular complexity index is 1000. The largest absolute Gasteiger partial charge is 0.457 e. The molecule has 4 rings (SSSR count). The van der Waals surface area contributed by atoms with Gasteiger partial charge in [-0.25, -0.2) is 9.79 Å². The second kappa shape index (κ2) is 8.54. The number of nitriles is 1. The Morgan fingerprint density at radius 3 is 2.69 bits per heavy atom. The van der Waals surface area contributed by atoms with Crippen LogP contribution in [-0.2, 0) is 16.1 Å². The van der Waals surface area contributed by atoms with E-state index in [2.05, 4.69) is 20.5 Å². The van der Waals surface area contributed by atoms with Crippen LogP contribution in [0, 0.1) is 11.3 Å². The van der Waals surface area contributed by atoms with Gasteiger partial charge in [0.1, 0.15) is 18.4 Å². The van der Waals surface area contributed by atoms with Crippen LogP contribution in [0.2, 0.25) is 0 Å². The van der Waals surface area contributed by atoms with Gasteiger partial charge in [-0.1, -0.05) is 12.1 Å². The van der Waals surface area contributed by atoms with E-state index < -0.39 is 5.97 Å². The molecular formula is C21H20N6O2. The highest BCUT2D eigenvalue weighted by molar-refractivity contribution is 6.12. The molecule has 1 aromatic carbocycles. The van der Waals surface area contributed by atoms with E-state index in [1.807, 2.05) is 30.3 Å². The predicted octanol–water partition coefficient (Wildman–Crippen LogP) is 1.96. The molecule has 2 aliphatic heterocycles. The zero-order chi connectivity index (χ0) is 20.1. The zero-order valence-corrected chi connectivity index (χ0v) is 15.8. The lowest BCUT2D eigenvalue weighted by molar-refractivity contribution is -0.139. The van der Waals surface area contributed by atoms with Crippen molar-refractivity contribution in [3.63, 3.8) is 0 Å². The molecule has 3 heterocycles. The minimum Gasteiger partial charge on any atom is -0.457 e. The number of hydrogen-bond acceptors (Lipinski definition) is 8.